The highest BCUT2D eigenvalue weighted by atomic mass is 19.1. The van der Waals surface area contributed by atoms with Crippen molar-refractivity contribution in [3.8, 4) is 0 Å². The monoisotopic (exact) mass is 283 g/mol. The summed E-state index contributed by atoms with van der Waals surface area (Å²) in [4.78, 5) is 2.27. The third-order valence-corrected chi connectivity index (χ3v) is 3.97. The lowest BCUT2D eigenvalue weighted by Gasteiger charge is -2.25. The van der Waals surface area contributed by atoms with Gasteiger partial charge in [-0.1, -0.05) is 18.2 Å². The van der Waals surface area contributed by atoms with Gasteiger partial charge in [0.2, 0.25) is 0 Å². The van der Waals surface area contributed by atoms with E-state index < -0.39 is 0 Å². The van der Waals surface area contributed by atoms with Crippen LogP contribution in [0.15, 0.2) is 42.5 Å². The number of amidine groups is 1. The first-order valence-corrected chi connectivity index (χ1v) is 7.03. The second kappa shape index (κ2) is 5.20. The Kier molecular flexibility index (Phi) is 3.37. The minimum Gasteiger partial charge on any atom is -0.384 e. The van der Waals surface area contributed by atoms with Gasteiger partial charge in [0.25, 0.3) is 0 Å². The lowest BCUT2D eigenvalue weighted by atomic mass is 10.1. The molecule has 2 aromatic carbocycles. The molecule has 3 N–H and O–H groups in total. The van der Waals surface area contributed by atoms with Crippen LogP contribution in [-0.4, -0.2) is 11.9 Å². The smallest absolute Gasteiger partial charge is 0.124 e. The Bertz CT molecular complexity index is 696. The van der Waals surface area contributed by atoms with Gasteiger partial charge in [-0.15, -0.1) is 0 Å². The topological polar surface area (TPSA) is 53.1 Å². The number of nitrogen functional groups attached to an aromatic ring is 1. The van der Waals surface area contributed by atoms with Crippen molar-refractivity contribution in [1.82, 2.24) is 0 Å². The van der Waals surface area contributed by atoms with Crippen molar-refractivity contribution in [2.45, 2.75) is 25.9 Å². The Morgan fingerprint density at radius 1 is 1.33 bits per heavy atom. The molecule has 0 saturated heterocycles. The van der Waals surface area contributed by atoms with Crippen LogP contribution in [0.25, 0.3) is 0 Å². The Morgan fingerprint density at radius 3 is 2.86 bits per heavy atom. The van der Waals surface area contributed by atoms with Crippen LogP contribution in [0, 0.1) is 11.2 Å². The fourth-order valence-corrected chi connectivity index (χ4v) is 2.96. The zero-order chi connectivity index (χ0) is 15.0. The van der Waals surface area contributed by atoms with Gasteiger partial charge in [0.1, 0.15) is 11.7 Å². The zero-order valence-corrected chi connectivity index (χ0v) is 11.9. The van der Waals surface area contributed by atoms with Crippen molar-refractivity contribution in [2.24, 2.45) is 5.73 Å². The molecule has 1 aliphatic rings. The predicted octanol–water partition coefficient (Wildman–Crippen LogP) is 3.06. The molecule has 3 rings (SSSR count). The standard InChI is InChI=1S/C17H18FN3/c1-11-6-13-4-2-3-5-16(13)21(11)10-12-7-14(17(19)20)9-15(18)8-12/h2-5,7-9,11H,6,10H2,1H3,(H3,19,20). The van der Waals surface area contributed by atoms with E-state index in [0.29, 0.717) is 18.2 Å². The molecule has 1 aliphatic heterocycles. The van der Waals surface area contributed by atoms with E-state index in [-0.39, 0.29) is 11.7 Å². The van der Waals surface area contributed by atoms with E-state index in [4.69, 9.17) is 11.1 Å². The summed E-state index contributed by atoms with van der Waals surface area (Å²) in [5.41, 5.74) is 9.27. The van der Waals surface area contributed by atoms with E-state index in [0.717, 1.165) is 12.0 Å². The summed E-state index contributed by atoms with van der Waals surface area (Å²) in [5, 5.41) is 7.47. The van der Waals surface area contributed by atoms with Crippen molar-refractivity contribution >= 4 is 11.5 Å². The molecule has 2 aromatic rings. The zero-order valence-electron chi connectivity index (χ0n) is 11.9. The molecule has 0 amide bonds. The second-order valence-electron chi connectivity index (χ2n) is 5.57. The fraction of sp³-hybridized carbons (Fsp3) is 0.235. The van der Waals surface area contributed by atoms with Crippen molar-refractivity contribution in [2.75, 3.05) is 4.90 Å². The first-order chi connectivity index (χ1) is 10.0. The first-order valence-electron chi connectivity index (χ1n) is 7.03. The maximum atomic E-state index is 13.7. The van der Waals surface area contributed by atoms with Crippen LogP contribution in [0.3, 0.4) is 0 Å². The van der Waals surface area contributed by atoms with Crippen LogP contribution in [-0.2, 0) is 13.0 Å². The predicted molar refractivity (Wildman–Crippen MR) is 83.2 cm³/mol. The molecule has 1 heterocycles. The SMILES string of the molecule is CC1Cc2ccccc2N1Cc1cc(F)cc(C(=N)N)c1. The highest BCUT2D eigenvalue weighted by Gasteiger charge is 2.25. The average molecular weight is 283 g/mol. The third-order valence-electron chi connectivity index (χ3n) is 3.97. The van der Waals surface area contributed by atoms with Gasteiger partial charge < -0.3 is 10.6 Å². The normalized spacial score (nSPS) is 16.9. The number of nitrogens with two attached hydrogens (primary N) is 1. The minimum absolute atomic E-state index is 0.106. The number of hydrogen-bond donors (Lipinski definition) is 2. The van der Waals surface area contributed by atoms with E-state index in [1.165, 1.54) is 23.4 Å². The molecule has 0 fully saturated rings. The molecule has 0 radical (unpaired) electrons. The quantitative estimate of drug-likeness (QED) is 0.672. The summed E-state index contributed by atoms with van der Waals surface area (Å²) in [6.45, 7) is 2.79. The summed E-state index contributed by atoms with van der Waals surface area (Å²) in [6, 6.07) is 13.3. The van der Waals surface area contributed by atoms with Crippen molar-refractivity contribution in [3.05, 3.63) is 65.0 Å². The maximum Gasteiger partial charge on any atom is 0.124 e. The number of fused-ring (bicyclic) bond motifs is 1. The molecule has 0 bridgehead atoms. The average Bonchev–Trinajstić information content (AvgIpc) is 2.75. The highest BCUT2D eigenvalue weighted by molar-refractivity contribution is 5.95. The van der Waals surface area contributed by atoms with Crippen LogP contribution in [0.1, 0.15) is 23.6 Å². The number of hydrogen-bond acceptors (Lipinski definition) is 2. The van der Waals surface area contributed by atoms with E-state index in [1.54, 1.807) is 6.07 Å². The molecule has 21 heavy (non-hydrogen) atoms. The minimum atomic E-state index is -0.349. The van der Waals surface area contributed by atoms with Gasteiger partial charge in [-0.2, -0.15) is 0 Å². The molecule has 1 atom stereocenters. The number of rotatable bonds is 3. The van der Waals surface area contributed by atoms with Gasteiger partial charge >= 0.3 is 0 Å². The molecule has 4 heteroatoms. The third kappa shape index (κ3) is 2.61. The van der Waals surface area contributed by atoms with Crippen LogP contribution in [0.5, 0.6) is 0 Å². The van der Waals surface area contributed by atoms with Gasteiger partial charge in [-0.3, -0.25) is 5.41 Å². The Balaban J connectivity index is 1.92. The largest absolute Gasteiger partial charge is 0.384 e. The van der Waals surface area contributed by atoms with Gasteiger partial charge in [0, 0.05) is 23.8 Å². The lowest BCUT2D eigenvalue weighted by Crippen LogP contribution is -2.28. The first kappa shape index (κ1) is 13.6. The van der Waals surface area contributed by atoms with E-state index in [1.807, 2.05) is 12.1 Å². The van der Waals surface area contributed by atoms with Crippen LogP contribution in [0.4, 0.5) is 10.1 Å². The van der Waals surface area contributed by atoms with Crippen molar-refractivity contribution in [3.63, 3.8) is 0 Å². The number of anilines is 1. The fourth-order valence-electron chi connectivity index (χ4n) is 2.96. The van der Waals surface area contributed by atoms with Gasteiger partial charge in [0.15, 0.2) is 0 Å². The van der Waals surface area contributed by atoms with Crippen LogP contribution >= 0.6 is 0 Å². The van der Waals surface area contributed by atoms with E-state index in [2.05, 4.69) is 24.0 Å². The second-order valence-corrected chi connectivity index (χ2v) is 5.57. The van der Waals surface area contributed by atoms with Gasteiger partial charge in [-0.05, 0) is 48.7 Å². The maximum absolute atomic E-state index is 13.7. The van der Waals surface area contributed by atoms with E-state index in [9.17, 15) is 4.39 Å². The Labute approximate surface area is 123 Å². The molecule has 108 valence electrons. The number of halogens is 1. The molecular formula is C17H18FN3. The Morgan fingerprint density at radius 2 is 2.10 bits per heavy atom. The number of nitrogens with zero attached hydrogens (tertiary/aromatic N) is 1. The molecular weight excluding hydrogens is 265 g/mol. The molecule has 0 saturated carbocycles. The van der Waals surface area contributed by atoms with Crippen LogP contribution < -0.4 is 10.6 Å². The summed E-state index contributed by atoms with van der Waals surface area (Å²) in [7, 11) is 0. The highest BCUT2D eigenvalue weighted by Crippen LogP contribution is 2.33. The summed E-state index contributed by atoms with van der Waals surface area (Å²) in [5.74, 6) is -0.455. The Hall–Kier alpha value is -2.36. The molecule has 1 unspecified atom stereocenters. The number of benzene rings is 2. The summed E-state index contributed by atoms with van der Waals surface area (Å²) < 4.78 is 13.7. The van der Waals surface area contributed by atoms with Crippen molar-refractivity contribution < 1.29 is 4.39 Å². The van der Waals surface area contributed by atoms with Gasteiger partial charge in [0.05, 0.1) is 0 Å². The molecule has 0 aliphatic carbocycles. The van der Waals surface area contributed by atoms with Crippen LogP contribution in [0.2, 0.25) is 0 Å². The van der Waals surface area contributed by atoms with E-state index >= 15 is 0 Å². The lowest BCUT2D eigenvalue weighted by molar-refractivity contribution is 0.620. The number of para-hydroxylation sites is 1. The molecule has 0 spiro atoms. The van der Waals surface area contributed by atoms with Crippen molar-refractivity contribution in [1.29, 1.82) is 5.41 Å². The molecule has 3 nitrogen and oxygen atoms in total. The number of nitrogens with one attached hydrogen (secondary N) is 1. The summed E-state index contributed by atoms with van der Waals surface area (Å²) in [6.07, 6.45) is 1.01. The molecule has 0 aromatic heterocycles. The summed E-state index contributed by atoms with van der Waals surface area (Å²) >= 11 is 0. The van der Waals surface area contributed by atoms with Gasteiger partial charge in [-0.25, -0.2) is 4.39 Å².